The Bertz CT molecular complexity index is 336. The Balaban J connectivity index is 1.39. The molecule has 0 radical (unpaired) electrons. The van der Waals surface area contributed by atoms with E-state index in [-0.39, 0.29) is 0 Å². The second-order valence-corrected chi connectivity index (χ2v) is 7.39. The van der Waals surface area contributed by atoms with Gasteiger partial charge in [0, 0.05) is 18.1 Å². The number of piperidine rings is 1. The number of hydrogen-bond donors (Lipinski definition) is 1. The highest BCUT2D eigenvalue weighted by Gasteiger charge is 2.42. The molecule has 3 rings (SSSR count). The molecular formula is C16H27F3N2. The van der Waals surface area contributed by atoms with E-state index >= 15 is 0 Å². The van der Waals surface area contributed by atoms with Gasteiger partial charge in [-0.1, -0.05) is 0 Å². The van der Waals surface area contributed by atoms with Gasteiger partial charge in [0.05, 0.1) is 5.92 Å². The van der Waals surface area contributed by atoms with Gasteiger partial charge in [0.2, 0.25) is 0 Å². The fourth-order valence-corrected chi connectivity index (χ4v) is 4.65. The molecule has 1 aliphatic carbocycles. The minimum absolute atomic E-state index is 0.305. The zero-order chi connectivity index (χ0) is 15.0. The normalized spacial score (nSPS) is 41.4. The monoisotopic (exact) mass is 304 g/mol. The number of hydrogen-bond acceptors (Lipinski definition) is 2. The van der Waals surface area contributed by atoms with Gasteiger partial charge in [-0.3, -0.25) is 0 Å². The fourth-order valence-electron chi connectivity index (χ4n) is 4.65. The zero-order valence-electron chi connectivity index (χ0n) is 12.8. The first-order valence-corrected chi connectivity index (χ1v) is 8.45. The lowest BCUT2D eigenvalue weighted by molar-refractivity contribution is -0.182. The van der Waals surface area contributed by atoms with Gasteiger partial charge in [-0.15, -0.1) is 0 Å². The van der Waals surface area contributed by atoms with Crippen LogP contribution in [0.2, 0.25) is 0 Å². The van der Waals surface area contributed by atoms with Gasteiger partial charge >= 0.3 is 6.18 Å². The van der Waals surface area contributed by atoms with Crippen molar-refractivity contribution >= 4 is 0 Å². The minimum Gasteiger partial charge on any atom is -0.314 e. The molecule has 5 heteroatoms. The second kappa shape index (κ2) is 6.07. The fraction of sp³-hybridized carbons (Fsp3) is 1.00. The SMILES string of the molecule is CN1C2CCC1CC(CNC1CCC(C(F)(F)F)CC1)C2. The summed E-state index contributed by atoms with van der Waals surface area (Å²) < 4.78 is 37.9. The molecule has 0 aromatic heterocycles. The first kappa shape index (κ1) is 15.6. The third kappa shape index (κ3) is 3.55. The quantitative estimate of drug-likeness (QED) is 0.857. The molecule has 3 aliphatic rings. The van der Waals surface area contributed by atoms with Crippen molar-refractivity contribution in [2.45, 2.75) is 75.7 Å². The van der Waals surface area contributed by atoms with Crippen LogP contribution in [0.5, 0.6) is 0 Å². The van der Waals surface area contributed by atoms with Gasteiger partial charge in [-0.25, -0.2) is 0 Å². The summed E-state index contributed by atoms with van der Waals surface area (Å²) in [5.41, 5.74) is 0. The predicted molar refractivity (Wildman–Crippen MR) is 77.1 cm³/mol. The Labute approximate surface area is 125 Å². The molecule has 2 unspecified atom stereocenters. The van der Waals surface area contributed by atoms with E-state index in [1.807, 2.05) is 0 Å². The predicted octanol–water partition coefficient (Wildman–Crippen LogP) is 3.57. The second-order valence-electron chi connectivity index (χ2n) is 7.39. The van der Waals surface area contributed by atoms with Crippen LogP contribution >= 0.6 is 0 Å². The highest BCUT2D eigenvalue weighted by atomic mass is 19.4. The first-order valence-electron chi connectivity index (χ1n) is 8.45. The lowest BCUT2D eigenvalue weighted by atomic mass is 9.85. The van der Waals surface area contributed by atoms with Gasteiger partial charge < -0.3 is 10.2 Å². The van der Waals surface area contributed by atoms with Crippen LogP contribution in [0.1, 0.15) is 51.4 Å². The minimum atomic E-state index is -3.99. The Morgan fingerprint density at radius 2 is 1.52 bits per heavy atom. The van der Waals surface area contributed by atoms with Gasteiger partial charge in [-0.05, 0) is 70.9 Å². The van der Waals surface area contributed by atoms with Gasteiger partial charge in [0.25, 0.3) is 0 Å². The summed E-state index contributed by atoms with van der Waals surface area (Å²) in [5, 5.41) is 3.56. The standard InChI is InChI=1S/C16H27F3N2/c1-21-14-6-7-15(21)9-11(8-14)10-20-13-4-2-12(3-5-13)16(17,18)19/h11-15,20H,2-10H2,1H3. The average molecular weight is 304 g/mol. The van der Waals surface area contributed by atoms with Crippen LogP contribution in [0.4, 0.5) is 13.2 Å². The van der Waals surface area contributed by atoms with Crippen LogP contribution in [-0.4, -0.2) is 42.8 Å². The van der Waals surface area contributed by atoms with E-state index in [2.05, 4.69) is 17.3 Å². The molecule has 3 fully saturated rings. The molecule has 122 valence electrons. The van der Waals surface area contributed by atoms with Crippen LogP contribution in [0.25, 0.3) is 0 Å². The highest BCUT2D eigenvalue weighted by Crippen LogP contribution is 2.39. The Kier molecular flexibility index (Phi) is 4.51. The van der Waals surface area contributed by atoms with E-state index in [1.54, 1.807) is 0 Å². The maximum Gasteiger partial charge on any atom is 0.391 e. The molecule has 1 saturated carbocycles. The van der Waals surface area contributed by atoms with Crippen molar-refractivity contribution in [3.05, 3.63) is 0 Å². The topological polar surface area (TPSA) is 15.3 Å². The summed E-state index contributed by atoms with van der Waals surface area (Å²) >= 11 is 0. The number of rotatable bonds is 3. The summed E-state index contributed by atoms with van der Waals surface area (Å²) in [5.74, 6) is -0.339. The smallest absolute Gasteiger partial charge is 0.314 e. The highest BCUT2D eigenvalue weighted by molar-refractivity contribution is 4.94. The van der Waals surface area contributed by atoms with Crippen LogP contribution in [-0.2, 0) is 0 Å². The van der Waals surface area contributed by atoms with Crippen LogP contribution in [0.3, 0.4) is 0 Å². The Hall–Kier alpha value is -0.290. The van der Waals surface area contributed by atoms with Gasteiger partial charge in [-0.2, -0.15) is 13.2 Å². The van der Waals surface area contributed by atoms with E-state index < -0.39 is 12.1 Å². The summed E-state index contributed by atoms with van der Waals surface area (Å²) in [4.78, 5) is 2.53. The molecule has 2 atom stereocenters. The molecule has 2 saturated heterocycles. The number of alkyl halides is 3. The van der Waals surface area contributed by atoms with E-state index in [4.69, 9.17) is 0 Å². The largest absolute Gasteiger partial charge is 0.391 e. The Morgan fingerprint density at radius 3 is 2.05 bits per heavy atom. The van der Waals surface area contributed by atoms with Crippen molar-refractivity contribution in [2.24, 2.45) is 11.8 Å². The number of halogens is 3. The Morgan fingerprint density at radius 1 is 0.952 bits per heavy atom. The number of fused-ring (bicyclic) bond motifs is 2. The first-order chi connectivity index (χ1) is 9.93. The zero-order valence-corrected chi connectivity index (χ0v) is 12.8. The third-order valence-electron chi connectivity index (χ3n) is 6.08. The van der Waals surface area contributed by atoms with E-state index in [9.17, 15) is 13.2 Å². The molecule has 0 aromatic carbocycles. The molecule has 1 N–H and O–H groups in total. The molecule has 2 heterocycles. The van der Waals surface area contributed by atoms with Crippen LogP contribution < -0.4 is 5.32 Å². The van der Waals surface area contributed by atoms with Crippen molar-refractivity contribution in [1.29, 1.82) is 0 Å². The molecule has 2 aliphatic heterocycles. The number of nitrogens with one attached hydrogen (secondary N) is 1. The third-order valence-corrected chi connectivity index (χ3v) is 6.08. The summed E-state index contributed by atoms with van der Waals surface area (Å²) in [7, 11) is 2.24. The lowest BCUT2D eigenvalue weighted by Crippen LogP contribution is -2.45. The molecule has 2 nitrogen and oxygen atoms in total. The maximum atomic E-state index is 12.6. The summed E-state index contributed by atoms with van der Waals surface area (Å²) in [6.45, 7) is 1.00. The van der Waals surface area contributed by atoms with Crippen molar-refractivity contribution in [3.63, 3.8) is 0 Å². The van der Waals surface area contributed by atoms with Crippen LogP contribution in [0, 0.1) is 11.8 Å². The van der Waals surface area contributed by atoms with Crippen molar-refractivity contribution < 1.29 is 13.2 Å². The summed E-state index contributed by atoms with van der Waals surface area (Å²) in [6.07, 6.45) is 3.17. The van der Waals surface area contributed by atoms with Crippen molar-refractivity contribution in [1.82, 2.24) is 10.2 Å². The van der Waals surface area contributed by atoms with Crippen molar-refractivity contribution in [2.75, 3.05) is 13.6 Å². The number of nitrogens with zero attached hydrogens (tertiary/aromatic N) is 1. The van der Waals surface area contributed by atoms with E-state index in [0.717, 1.165) is 24.5 Å². The lowest BCUT2D eigenvalue weighted by Gasteiger charge is -2.37. The van der Waals surface area contributed by atoms with Crippen molar-refractivity contribution in [3.8, 4) is 0 Å². The van der Waals surface area contributed by atoms with Gasteiger partial charge in [0.15, 0.2) is 0 Å². The molecular weight excluding hydrogens is 277 g/mol. The van der Waals surface area contributed by atoms with E-state index in [1.165, 1.54) is 25.7 Å². The van der Waals surface area contributed by atoms with Crippen LogP contribution in [0.15, 0.2) is 0 Å². The molecule has 0 spiro atoms. The summed E-state index contributed by atoms with van der Waals surface area (Å²) in [6, 6.07) is 1.80. The van der Waals surface area contributed by atoms with Gasteiger partial charge in [0.1, 0.15) is 0 Å². The maximum absolute atomic E-state index is 12.6. The molecule has 0 aromatic rings. The molecule has 2 bridgehead atoms. The average Bonchev–Trinajstić information content (AvgIpc) is 2.66. The molecule has 0 amide bonds. The molecule has 21 heavy (non-hydrogen) atoms. The van der Waals surface area contributed by atoms with E-state index in [0.29, 0.717) is 31.7 Å².